The van der Waals surface area contributed by atoms with Gasteiger partial charge in [0.05, 0.1) is 0 Å². The van der Waals surface area contributed by atoms with Gasteiger partial charge in [0.15, 0.2) is 0 Å². The first-order chi connectivity index (χ1) is 8.99. The lowest BCUT2D eigenvalue weighted by Gasteiger charge is -2.19. The van der Waals surface area contributed by atoms with E-state index in [9.17, 15) is 4.79 Å². The highest BCUT2D eigenvalue weighted by Crippen LogP contribution is 2.19. The Kier molecular flexibility index (Phi) is 7.44. The van der Waals surface area contributed by atoms with Crippen molar-refractivity contribution in [2.75, 3.05) is 20.1 Å². The first-order valence-electron chi connectivity index (χ1n) is 7.96. The van der Waals surface area contributed by atoms with Crippen LogP contribution in [0, 0.1) is 11.8 Å². The highest BCUT2D eigenvalue weighted by Gasteiger charge is 2.20. The zero-order valence-corrected chi connectivity index (χ0v) is 13.2. The van der Waals surface area contributed by atoms with Crippen LogP contribution in [0.5, 0.6) is 0 Å². The van der Waals surface area contributed by atoms with E-state index in [4.69, 9.17) is 0 Å². The molecule has 1 unspecified atom stereocenters. The van der Waals surface area contributed by atoms with Crippen LogP contribution in [-0.4, -0.2) is 37.0 Å². The average Bonchev–Trinajstić information content (AvgIpc) is 3.17. The molecule has 0 heterocycles. The van der Waals surface area contributed by atoms with Crippen molar-refractivity contribution < 1.29 is 4.79 Å². The maximum atomic E-state index is 12.0. The summed E-state index contributed by atoms with van der Waals surface area (Å²) >= 11 is 0. The Morgan fingerprint density at radius 2 is 1.89 bits per heavy atom. The summed E-state index contributed by atoms with van der Waals surface area (Å²) in [5, 5.41) is 3.54. The average molecular weight is 268 g/mol. The first-order valence-corrected chi connectivity index (χ1v) is 7.96. The number of amides is 1. The quantitative estimate of drug-likeness (QED) is 0.660. The molecule has 1 N–H and O–H groups in total. The van der Waals surface area contributed by atoms with Crippen LogP contribution >= 0.6 is 0 Å². The summed E-state index contributed by atoms with van der Waals surface area (Å²) in [5.74, 6) is 1.62. The van der Waals surface area contributed by atoms with Gasteiger partial charge < -0.3 is 10.2 Å². The van der Waals surface area contributed by atoms with Gasteiger partial charge in [-0.15, -0.1) is 0 Å². The third-order valence-electron chi connectivity index (χ3n) is 3.97. The maximum Gasteiger partial charge on any atom is 0.222 e. The summed E-state index contributed by atoms with van der Waals surface area (Å²) in [6.07, 6.45) is 6.74. The van der Waals surface area contributed by atoms with Crippen molar-refractivity contribution in [1.82, 2.24) is 10.2 Å². The standard InChI is InChI=1S/C16H32N2O/c1-13(2)10-12-18(4)16(19)8-5-14(3)9-11-17-15-6-7-15/h13-15,17H,5-12H2,1-4H3. The second kappa shape index (κ2) is 8.57. The summed E-state index contributed by atoms with van der Waals surface area (Å²) in [6, 6.07) is 0.802. The Hall–Kier alpha value is -0.570. The lowest BCUT2D eigenvalue weighted by atomic mass is 10.0. The molecular formula is C16H32N2O. The zero-order valence-electron chi connectivity index (χ0n) is 13.2. The van der Waals surface area contributed by atoms with Gasteiger partial charge in [0.1, 0.15) is 0 Å². The molecule has 0 aliphatic heterocycles. The SMILES string of the molecule is CC(C)CCN(C)C(=O)CCC(C)CCNC1CC1. The van der Waals surface area contributed by atoms with Gasteiger partial charge >= 0.3 is 0 Å². The van der Waals surface area contributed by atoms with Gasteiger partial charge in [0.2, 0.25) is 5.91 Å². The van der Waals surface area contributed by atoms with Crippen LogP contribution in [0.4, 0.5) is 0 Å². The summed E-state index contributed by atoms with van der Waals surface area (Å²) in [7, 11) is 1.93. The van der Waals surface area contributed by atoms with Crippen molar-refractivity contribution >= 4 is 5.91 Å². The van der Waals surface area contributed by atoms with E-state index in [2.05, 4.69) is 26.1 Å². The lowest BCUT2D eigenvalue weighted by molar-refractivity contribution is -0.130. The van der Waals surface area contributed by atoms with Gasteiger partial charge in [-0.25, -0.2) is 0 Å². The van der Waals surface area contributed by atoms with Crippen molar-refractivity contribution in [3.63, 3.8) is 0 Å². The fourth-order valence-corrected chi connectivity index (χ4v) is 2.10. The molecule has 0 bridgehead atoms. The summed E-state index contributed by atoms with van der Waals surface area (Å²) in [6.45, 7) is 8.67. The number of carbonyl (C=O) groups excluding carboxylic acids is 1. The van der Waals surface area contributed by atoms with Gasteiger partial charge in [-0.05, 0) is 50.5 Å². The molecule has 1 atom stereocenters. The monoisotopic (exact) mass is 268 g/mol. The molecule has 19 heavy (non-hydrogen) atoms. The molecule has 0 spiro atoms. The van der Waals surface area contributed by atoms with Crippen LogP contribution in [0.2, 0.25) is 0 Å². The second-order valence-electron chi connectivity index (χ2n) is 6.66. The van der Waals surface area contributed by atoms with Crippen molar-refractivity contribution in [2.24, 2.45) is 11.8 Å². The molecule has 0 aromatic heterocycles. The van der Waals surface area contributed by atoms with Crippen LogP contribution in [0.3, 0.4) is 0 Å². The van der Waals surface area contributed by atoms with Crippen LogP contribution < -0.4 is 5.32 Å². The Balaban J connectivity index is 2.03. The predicted octanol–water partition coefficient (Wildman–Crippen LogP) is 3.05. The van der Waals surface area contributed by atoms with Gasteiger partial charge in [-0.2, -0.15) is 0 Å². The zero-order chi connectivity index (χ0) is 14.3. The topological polar surface area (TPSA) is 32.3 Å². The number of hydrogen-bond acceptors (Lipinski definition) is 2. The molecule has 1 saturated carbocycles. The summed E-state index contributed by atoms with van der Waals surface area (Å²) < 4.78 is 0. The number of nitrogens with one attached hydrogen (secondary N) is 1. The molecule has 1 rings (SSSR count). The molecule has 3 heteroatoms. The van der Waals surface area contributed by atoms with Crippen molar-refractivity contribution in [3.8, 4) is 0 Å². The number of hydrogen-bond donors (Lipinski definition) is 1. The van der Waals surface area contributed by atoms with Crippen LogP contribution in [0.1, 0.15) is 59.3 Å². The molecule has 1 fully saturated rings. The van der Waals surface area contributed by atoms with Gasteiger partial charge in [-0.3, -0.25) is 4.79 Å². The number of rotatable bonds is 10. The molecular weight excluding hydrogens is 236 g/mol. The van der Waals surface area contributed by atoms with E-state index in [0.717, 1.165) is 32.0 Å². The highest BCUT2D eigenvalue weighted by molar-refractivity contribution is 5.75. The van der Waals surface area contributed by atoms with Crippen LogP contribution in [0.25, 0.3) is 0 Å². The molecule has 3 nitrogen and oxygen atoms in total. The minimum Gasteiger partial charge on any atom is -0.346 e. The van der Waals surface area contributed by atoms with E-state index in [1.165, 1.54) is 19.3 Å². The summed E-state index contributed by atoms with van der Waals surface area (Å²) in [5.41, 5.74) is 0. The third-order valence-corrected chi connectivity index (χ3v) is 3.97. The van der Waals surface area contributed by atoms with Gasteiger partial charge in [0.25, 0.3) is 0 Å². The minimum atomic E-state index is 0.308. The van der Waals surface area contributed by atoms with E-state index in [1.807, 2.05) is 11.9 Å². The maximum absolute atomic E-state index is 12.0. The van der Waals surface area contributed by atoms with E-state index in [0.29, 0.717) is 24.2 Å². The highest BCUT2D eigenvalue weighted by atomic mass is 16.2. The molecule has 0 aromatic carbocycles. The van der Waals surface area contributed by atoms with Crippen LogP contribution in [-0.2, 0) is 4.79 Å². The van der Waals surface area contributed by atoms with Crippen molar-refractivity contribution in [3.05, 3.63) is 0 Å². The summed E-state index contributed by atoms with van der Waals surface area (Å²) in [4.78, 5) is 13.9. The molecule has 0 aromatic rings. The normalized spacial score (nSPS) is 16.7. The molecule has 0 radical (unpaired) electrons. The molecule has 1 aliphatic rings. The molecule has 1 amide bonds. The van der Waals surface area contributed by atoms with Crippen LogP contribution in [0.15, 0.2) is 0 Å². The van der Waals surface area contributed by atoms with E-state index >= 15 is 0 Å². The predicted molar refractivity (Wildman–Crippen MR) is 81.1 cm³/mol. The fraction of sp³-hybridized carbons (Fsp3) is 0.938. The third kappa shape index (κ3) is 8.25. The van der Waals surface area contributed by atoms with E-state index in [1.54, 1.807) is 0 Å². The van der Waals surface area contributed by atoms with Crippen molar-refractivity contribution in [2.45, 2.75) is 65.3 Å². The first kappa shape index (κ1) is 16.5. The molecule has 1 aliphatic carbocycles. The largest absolute Gasteiger partial charge is 0.346 e. The molecule has 0 saturated heterocycles. The van der Waals surface area contributed by atoms with E-state index < -0.39 is 0 Å². The number of nitrogens with zero attached hydrogens (tertiary/aromatic N) is 1. The Morgan fingerprint density at radius 1 is 1.21 bits per heavy atom. The van der Waals surface area contributed by atoms with Crippen molar-refractivity contribution in [1.29, 1.82) is 0 Å². The minimum absolute atomic E-state index is 0.308. The van der Waals surface area contributed by atoms with Gasteiger partial charge in [-0.1, -0.05) is 20.8 Å². The smallest absolute Gasteiger partial charge is 0.222 e. The molecule has 112 valence electrons. The Bertz CT molecular complexity index is 261. The second-order valence-corrected chi connectivity index (χ2v) is 6.66. The number of carbonyl (C=O) groups is 1. The lowest BCUT2D eigenvalue weighted by Crippen LogP contribution is -2.28. The Morgan fingerprint density at radius 3 is 2.47 bits per heavy atom. The fourth-order valence-electron chi connectivity index (χ4n) is 2.10. The van der Waals surface area contributed by atoms with E-state index in [-0.39, 0.29) is 0 Å². The van der Waals surface area contributed by atoms with Gasteiger partial charge in [0, 0.05) is 26.1 Å². The Labute approximate surface area is 119 Å².